The Morgan fingerprint density at radius 3 is 2.95 bits per heavy atom. The van der Waals surface area contributed by atoms with E-state index in [4.69, 9.17) is 9.52 Å². The van der Waals surface area contributed by atoms with Crippen LogP contribution in [0.4, 0.5) is 4.39 Å². The van der Waals surface area contributed by atoms with Crippen molar-refractivity contribution in [3.05, 3.63) is 59.3 Å². The van der Waals surface area contributed by atoms with Gasteiger partial charge < -0.3 is 14.8 Å². The molecule has 2 aromatic rings. The van der Waals surface area contributed by atoms with Gasteiger partial charge in [0.25, 0.3) is 5.91 Å². The predicted octanol–water partition coefficient (Wildman–Crippen LogP) is 1.73. The largest absolute Gasteiger partial charge is 0.469 e. The molecule has 0 aliphatic rings. The second-order valence-electron chi connectivity index (χ2n) is 4.24. The van der Waals surface area contributed by atoms with Gasteiger partial charge in [-0.2, -0.15) is 0 Å². The van der Waals surface area contributed by atoms with E-state index < -0.39 is 11.7 Å². The van der Waals surface area contributed by atoms with E-state index in [1.807, 2.05) is 6.07 Å². The lowest BCUT2D eigenvalue weighted by atomic mass is 10.1. The minimum Gasteiger partial charge on any atom is -0.469 e. The third-order valence-corrected chi connectivity index (χ3v) is 2.77. The third-order valence-electron chi connectivity index (χ3n) is 2.77. The first-order valence-electron chi connectivity index (χ1n) is 6.40. The quantitative estimate of drug-likeness (QED) is 0.842. The van der Waals surface area contributed by atoms with Crippen LogP contribution >= 0.6 is 0 Å². The van der Waals surface area contributed by atoms with E-state index in [0.717, 1.165) is 11.8 Å². The van der Waals surface area contributed by atoms with Gasteiger partial charge in [0.2, 0.25) is 0 Å². The van der Waals surface area contributed by atoms with Crippen LogP contribution in [0.25, 0.3) is 0 Å². The Morgan fingerprint density at radius 1 is 1.38 bits per heavy atom. The maximum atomic E-state index is 13.3. The third kappa shape index (κ3) is 4.20. The smallest absolute Gasteiger partial charge is 0.252 e. The number of benzene rings is 1. The summed E-state index contributed by atoms with van der Waals surface area (Å²) >= 11 is 0. The van der Waals surface area contributed by atoms with E-state index in [0.29, 0.717) is 18.5 Å². The maximum absolute atomic E-state index is 13.3. The molecule has 2 N–H and O–H groups in total. The van der Waals surface area contributed by atoms with Crippen molar-refractivity contribution in [2.24, 2.45) is 0 Å². The lowest BCUT2D eigenvalue weighted by molar-refractivity contribution is 0.0953. The van der Waals surface area contributed by atoms with Gasteiger partial charge in [-0.3, -0.25) is 4.79 Å². The summed E-state index contributed by atoms with van der Waals surface area (Å²) in [5.41, 5.74) is 0.524. The highest BCUT2D eigenvalue weighted by molar-refractivity contribution is 5.96. The normalized spacial score (nSPS) is 9.81. The van der Waals surface area contributed by atoms with Gasteiger partial charge in [0.05, 0.1) is 11.8 Å². The zero-order valence-corrected chi connectivity index (χ0v) is 11.2. The van der Waals surface area contributed by atoms with Gasteiger partial charge in [0.1, 0.15) is 18.2 Å². The van der Waals surface area contributed by atoms with E-state index in [-0.39, 0.29) is 12.2 Å². The lowest BCUT2D eigenvalue weighted by Gasteiger charge is -2.06. The summed E-state index contributed by atoms with van der Waals surface area (Å²) in [6.07, 6.45) is 2.11. The van der Waals surface area contributed by atoms with Crippen molar-refractivity contribution in [1.29, 1.82) is 0 Å². The molecular weight excluding hydrogens is 273 g/mol. The van der Waals surface area contributed by atoms with Crippen LogP contribution in [-0.4, -0.2) is 24.2 Å². The Balaban J connectivity index is 2.05. The highest BCUT2D eigenvalue weighted by Crippen LogP contribution is 2.10. The molecule has 1 aromatic heterocycles. The molecule has 1 aromatic carbocycles. The van der Waals surface area contributed by atoms with Gasteiger partial charge >= 0.3 is 0 Å². The molecule has 5 heteroatoms. The second-order valence-corrected chi connectivity index (χ2v) is 4.24. The molecule has 0 unspecified atom stereocenters. The van der Waals surface area contributed by atoms with E-state index in [1.54, 1.807) is 12.3 Å². The predicted molar refractivity (Wildman–Crippen MR) is 75.1 cm³/mol. The number of hydrogen-bond donors (Lipinski definition) is 2. The Labute approximate surface area is 121 Å². The number of rotatable bonds is 4. The number of halogens is 1. The molecule has 0 aliphatic carbocycles. The molecule has 0 spiro atoms. The van der Waals surface area contributed by atoms with Crippen molar-refractivity contribution >= 4 is 5.91 Å². The zero-order valence-electron chi connectivity index (χ0n) is 11.2. The van der Waals surface area contributed by atoms with E-state index in [2.05, 4.69) is 17.2 Å². The second kappa shape index (κ2) is 7.27. The van der Waals surface area contributed by atoms with Gasteiger partial charge in [-0.1, -0.05) is 11.8 Å². The Hall–Kier alpha value is -2.58. The summed E-state index contributed by atoms with van der Waals surface area (Å²) in [5.74, 6) is 4.91. The average molecular weight is 287 g/mol. The number of nitrogens with one attached hydrogen (secondary N) is 1. The highest BCUT2D eigenvalue weighted by atomic mass is 19.1. The fourth-order valence-corrected chi connectivity index (χ4v) is 1.80. The molecule has 2 rings (SSSR count). The number of amides is 1. The van der Waals surface area contributed by atoms with Crippen LogP contribution in [0.3, 0.4) is 0 Å². The Bertz CT molecular complexity index is 669. The average Bonchev–Trinajstić information content (AvgIpc) is 2.99. The minimum absolute atomic E-state index is 0.149. The summed E-state index contributed by atoms with van der Waals surface area (Å²) in [6, 6.07) is 7.35. The molecule has 0 saturated heterocycles. The number of carbonyl (C=O) groups is 1. The van der Waals surface area contributed by atoms with Crippen LogP contribution in [0.5, 0.6) is 0 Å². The molecule has 0 atom stereocenters. The summed E-state index contributed by atoms with van der Waals surface area (Å²) in [5, 5.41) is 11.4. The molecule has 0 saturated carbocycles. The monoisotopic (exact) mass is 287 g/mol. The van der Waals surface area contributed by atoms with Gasteiger partial charge in [-0.05, 0) is 30.3 Å². The molecule has 0 fully saturated rings. The topological polar surface area (TPSA) is 62.5 Å². The molecular formula is C16H14FNO3. The first-order valence-corrected chi connectivity index (χ1v) is 6.40. The maximum Gasteiger partial charge on any atom is 0.252 e. The molecule has 1 heterocycles. The van der Waals surface area contributed by atoms with Crippen LogP contribution in [0.15, 0.2) is 41.0 Å². The molecule has 0 radical (unpaired) electrons. The number of hydrogen-bond acceptors (Lipinski definition) is 3. The van der Waals surface area contributed by atoms with Crippen LogP contribution < -0.4 is 5.32 Å². The van der Waals surface area contributed by atoms with Gasteiger partial charge in [-0.15, -0.1) is 0 Å². The van der Waals surface area contributed by atoms with Crippen molar-refractivity contribution in [1.82, 2.24) is 5.32 Å². The lowest BCUT2D eigenvalue weighted by Crippen LogP contribution is -2.26. The summed E-state index contributed by atoms with van der Waals surface area (Å²) < 4.78 is 18.4. The summed E-state index contributed by atoms with van der Waals surface area (Å²) in [6.45, 7) is 0.0483. The highest BCUT2D eigenvalue weighted by Gasteiger charge is 2.11. The van der Waals surface area contributed by atoms with Crippen molar-refractivity contribution in [2.45, 2.75) is 6.42 Å². The van der Waals surface area contributed by atoms with Crippen molar-refractivity contribution in [3.63, 3.8) is 0 Å². The number of furan rings is 1. The Morgan fingerprint density at radius 2 is 2.24 bits per heavy atom. The first kappa shape index (κ1) is 14.8. The van der Waals surface area contributed by atoms with E-state index >= 15 is 0 Å². The van der Waals surface area contributed by atoms with Gasteiger partial charge in [0, 0.05) is 18.5 Å². The molecule has 4 nitrogen and oxygen atoms in total. The van der Waals surface area contributed by atoms with Gasteiger partial charge in [0.15, 0.2) is 0 Å². The number of aliphatic hydroxyl groups excluding tert-OH is 1. The van der Waals surface area contributed by atoms with Gasteiger partial charge in [-0.25, -0.2) is 4.39 Å². The fraction of sp³-hybridized carbons (Fsp3) is 0.188. The van der Waals surface area contributed by atoms with Crippen LogP contribution in [0.1, 0.15) is 21.7 Å². The summed E-state index contributed by atoms with van der Waals surface area (Å²) in [4.78, 5) is 12.1. The van der Waals surface area contributed by atoms with E-state index in [1.165, 1.54) is 12.1 Å². The molecule has 0 aliphatic heterocycles. The SMILES string of the molecule is O=C(NCCc1ccco1)c1cc(F)ccc1C#CCO. The number of aliphatic hydroxyl groups is 1. The van der Waals surface area contributed by atoms with Crippen molar-refractivity contribution in [3.8, 4) is 11.8 Å². The molecule has 1 amide bonds. The van der Waals surface area contributed by atoms with Crippen LogP contribution in [0, 0.1) is 17.7 Å². The summed E-state index contributed by atoms with van der Waals surface area (Å²) in [7, 11) is 0. The zero-order chi connectivity index (χ0) is 15.1. The molecule has 21 heavy (non-hydrogen) atoms. The first-order chi connectivity index (χ1) is 10.2. The van der Waals surface area contributed by atoms with Crippen molar-refractivity contribution < 1.29 is 18.7 Å². The Kier molecular flexibility index (Phi) is 5.13. The van der Waals surface area contributed by atoms with Crippen LogP contribution in [-0.2, 0) is 6.42 Å². The number of carbonyl (C=O) groups excluding carboxylic acids is 1. The van der Waals surface area contributed by atoms with Crippen LogP contribution in [0.2, 0.25) is 0 Å². The standard InChI is InChI=1S/C16H14FNO3/c17-13-6-5-12(3-1-9-19)15(11-13)16(20)18-8-7-14-4-2-10-21-14/h2,4-6,10-11,19H,7-9H2,(H,18,20). The fourth-order valence-electron chi connectivity index (χ4n) is 1.80. The minimum atomic E-state index is -0.513. The van der Waals surface area contributed by atoms with E-state index in [9.17, 15) is 9.18 Å². The molecule has 108 valence electrons. The van der Waals surface area contributed by atoms with Crippen molar-refractivity contribution in [2.75, 3.05) is 13.2 Å². The molecule has 0 bridgehead atoms.